The summed E-state index contributed by atoms with van der Waals surface area (Å²) < 4.78 is 145. The maximum absolute atomic E-state index is 14.2. The second-order valence-corrected chi connectivity index (χ2v) is 9.00. The molecule has 192 valence electrons. The molecule has 0 bridgehead atoms. The van der Waals surface area contributed by atoms with E-state index in [-0.39, 0.29) is 5.92 Å². The van der Waals surface area contributed by atoms with Crippen LogP contribution in [0.25, 0.3) is 0 Å². The third-order valence-corrected chi connectivity index (χ3v) is 6.86. The van der Waals surface area contributed by atoms with Gasteiger partial charge in [0.1, 0.15) is 0 Å². The Morgan fingerprint density at radius 1 is 0.818 bits per heavy atom. The molecular weight excluding hydrogens is 477 g/mol. The molecule has 33 heavy (non-hydrogen) atoms. The van der Waals surface area contributed by atoms with Crippen LogP contribution in [0.2, 0.25) is 0 Å². The van der Waals surface area contributed by atoms with Crippen LogP contribution in [0.4, 0.5) is 48.3 Å². The Bertz CT molecular complexity index is 705. The van der Waals surface area contributed by atoms with Gasteiger partial charge in [-0.05, 0) is 43.4 Å². The predicted molar refractivity (Wildman–Crippen MR) is 97.0 cm³/mol. The minimum Gasteiger partial charge on any atom is -0.374 e. The average Bonchev–Trinajstić information content (AvgIpc) is 2.70. The van der Waals surface area contributed by atoms with Crippen LogP contribution >= 0.6 is 0 Å². The highest BCUT2D eigenvalue weighted by Crippen LogP contribution is 2.51. The van der Waals surface area contributed by atoms with Gasteiger partial charge in [-0.1, -0.05) is 37.8 Å². The van der Waals surface area contributed by atoms with Gasteiger partial charge in [0.25, 0.3) is 5.60 Å². The van der Waals surface area contributed by atoms with Crippen molar-refractivity contribution in [1.82, 2.24) is 0 Å². The van der Waals surface area contributed by atoms with Gasteiger partial charge in [0, 0.05) is 12.3 Å². The van der Waals surface area contributed by atoms with Gasteiger partial charge in [0.05, 0.1) is 0 Å². The molecular formula is C21H25F11O. The summed E-state index contributed by atoms with van der Waals surface area (Å²) in [4.78, 5) is 0. The fourth-order valence-corrected chi connectivity index (χ4v) is 4.93. The van der Waals surface area contributed by atoms with Crippen molar-refractivity contribution in [2.24, 2.45) is 23.7 Å². The summed E-state index contributed by atoms with van der Waals surface area (Å²) in [5.74, 6) is -11.3. The molecule has 0 heterocycles. The van der Waals surface area contributed by atoms with Crippen LogP contribution < -0.4 is 0 Å². The summed E-state index contributed by atoms with van der Waals surface area (Å²) in [7, 11) is 0. The summed E-state index contributed by atoms with van der Waals surface area (Å²) in [5, 5.41) is 9.28. The lowest BCUT2D eigenvalue weighted by atomic mass is 9.67. The Kier molecular flexibility index (Phi) is 8.55. The molecule has 2 aliphatic carbocycles. The van der Waals surface area contributed by atoms with Crippen molar-refractivity contribution in [3.05, 3.63) is 24.1 Å². The summed E-state index contributed by atoms with van der Waals surface area (Å²) in [6.07, 6.45) is -11.9. The molecule has 1 nitrogen and oxygen atoms in total. The third kappa shape index (κ3) is 6.22. The van der Waals surface area contributed by atoms with Crippen LogP contribution in [-0.4, -0.2) is 29.0 Å². The molecule has 2 fully saturated rings. The molecule has 0 aromatic heterocycles. The van der Waals surface area contributed by atoms with Crippen LogP contribution in [0.3, 0.4) is 0 Å². The van der Waals surface area contributed by atoms with Gasteiger partial charge in [0.15, 0.2) is 0 Å². The lowest BCUT2D eigenvalue weighted by molar-refractivity contribution is -0.375. The van der Waals surface area contributed by atoms with Gasteiger partial charge < -0.3 is 5.11 Å². The molecule has 1 N–H and O–H groups in total. The first-order valence-corrected chi connectivity index (χ1v) is 10.6. The van der Waals surface area contributed by atoms with E-state index in [4.69, 9.17) is 0 Å². The minimum atomic E-state index is -6.45. The van der Waals surface area contributed by atoms with E-state index in [9.17, 15) is 53.4 Å². The summed E-state index contributed by atoms with van der Waals surface area (Å²) >= 11 is 0. The number of allylic oxidation sites excluding steroid dienone is 3. The van der Waals surface area contributed by atoms with Crippen LogP contribution in [0.15, 0.2) is 24.1 Å². The maximum atomic E-state index is 14.2. The Morgan fingerprint density at radius 3 is 1.88 bits per heavy atom. The molecule has 0 spiro atoms. The van der Waals surface area contributed by atoms with E-state index in [1.165, 1.54) is 6.08 Å². The first kappa shape index (κ1) is 27.9. The number of aliphatic hydroxyl groups is 1. The number of rotatable bonds is 7. The van der Waals surface area contributed by atoms with Crippen molar-refractivity contribution in [3.63, 3.8) is 0 Å². The van der Waals surface area contributed by atoms with Crippen LogP contribution in [0.1, 0.15) is 57.8 Å². The largest absolute Gasteiger partial charge is 0.426 e. The molecule has 0 aliphatic heterocycles. The van der Waals surface area contributed by atoms with Crippen molar-refractivity contribution in [2.75, 3.05) is 0 Å². The van der Waals surface area contributed by atoms with Crippen molar-refractivity contribution in [1.29, 1.82) is 0 Å². The van der Waals surface area contributed by atoms with Crippen LogP contribution in [-0.2, 0) is 0 Å². The molecule has 0 aromatic rings. The minimum absolute atomic E-state index is 0.166. The normalized spacial score (nSPS) is 26.2. The van der Waals surface area contributed by atoms with E-state index in [2.05, 4.69) is 0 Å². The summed E-state index contributed by atoms with van der Waals surface area (Å²) in [6, 6.07) is 0. The zero-order chi connectivity index (χ0) is 25.2. The molecule has 12 heteroatoms. The molecule has 0 saturated heterocycles. The maximum Gasteiger partial charge on any atom is 0.426 e. The highest BCUT2D eigenvalue weighted by molar-refractivity contribution is 5.11. The molecule has 0 radical (unpaired) electrons. The van der Waals surface area contributed by atoms with E-state index < -0.39 is 54.5 Å². The standard InChI is InChI=1S/C21H25F11O/c22-16(17(23)24)19(25,26)15(11-18(33,20(27,28)29)21(30,31)32)7-3-4-12-8-9-13-5-1-2-6-14(13)10-12/h3-4,12-15,33H,1-2,5-11H2/b4-3+. The Balaban J connectivity index is 2.26. The average molecular weight is 502 g/mol. The molecule has 2 rings (SSSR count). The number of fused-ring (bicyclic) bond motifs is 1. The van der Waals surface area contributed by atoms with Crippen LogP contribution in [0, 0.1) is 23.7 Å². The third-order valence-electron chi connectivity index (χ3n) is 6.86. The van der Waals surface area contributed by atoms with Gasteiger partial charge in [-0.3, -0.25) is 0 Å². The summed E-state index contributed by atoms with van der Waals surface area (Å²) in [6.45, 7) is 0. The molecule has 4 unspecified atom stereocenters. The Hall–Kier alpha value is -1.33. The molecule has 0 aromatic carbocycles. The first-order valence-electron chi connectivity index (χ1n) is 10.6. The second-order valence-electron chi connectivity index (χ2n) is 9.00. The Morgan fingerprint density at radius 2 is 1.36 bits per heavy atom. The smallest absolute Gasteiger partial charge is 0.374 e. The fraction of sp³-hybridized carbons (Fsp3) is 0.810. The number of hydrogen-bond acceptors (Lipinski definition) is 1. The monoisotopic (exact) mass is 502 g/mol. The summed E-state index contributed by atoms with van der Waals surface area (Å²) in [5.41, 5.74) is -5.63. The predicted octanol–water partition coefficient (Wildman–Crippen LogP) is 8.11. The topological polar surface area (TPSA) is 20.2 Å². The molecule has 0 amide bonds. The quantitative estimate of drug-likeness (QED) is 0.275. The van der Waals surface area contributed by atoms with Gasteiger partial charge >= 0.3 is 24.4 Å². The lowest BCUT2D eigenvalue weighted by Gasteiger charge is -2.38. The Labute approximate surface area is 183 Å². The molecule has 2 saturated carbocycles. The van der Waals surface area contributed by atoms with Gasteiger partial charge in [-0.25, -0.2) is 0 Å². The van der Waals surface area contributed by atoms with Crippen LogP contribution in [0.5, 0.6) is 0 Å². The van der Waals surface area contributed by atoms with Crippen molar-refractivity contribution in [2.45, 2.75) is 81.7 Å². The van der Waals surface area contributed by atoms with E-state index in [1.54, 1.807) is 0 Å². The van der Waals surface area contributed by atoms with Gasteiger partial charge in [-0.2, -0.15) is 48.3 Å². The van der Waals surface area contributed by atoms with Crippen molar-refractivity contribution >= 4 is 0 Å². The van der Waals surface area contributed by atoms with E-state index >= 15 is 0 Å². The highest BCUT2D eigenvalue weighted by atomic mass is 19.4. The number of hydrogen-bond donors (Lipinski definition) is 1. The van der Waals surface area contributed by atoms with Gasteiger partial charge in [-0.15, -0.1) is 0 Å². The number of alkyl halides is 8. The van der Waals surface area contributed by atoms with E-state index in [1.807, 2.05) is 0 Å². The second kappa shape index (κ2) is 10.1. The molecule has 2 aliphatic rings. The first-order chi connectivity index (χ1) is 15.0. The van der Waals surface area contributed by atoms with Gasteiger partial charge in [0.2, 0.25) is 5.83 Å². The zero-order valence-electron chi connectivity index (χ0n) is 17.4. The number of halogens is 11. The van der Waals surface area contributed by atoms with E-state index in [0.717, 1.165) is 38.2 Å². The fourth-order valence-electron chi connectivity index (χ4n) is 4.93. The zero-order valence-corrected chi connectivity index (χ0v) is 17.4. The lowest BCUT2D eigenvalue weighted by Crippen LogP contribution is -2.59. The molecule has 4 atom stereocenters. The van der Waals surface area contributed by atoms with Crippen molar-refractivity contribution < 1.29 is 53.4 Å². The van der Waals surface area contributed by atoms with Crippen molar-refractivity contribution in [3.8, 4) is 0 Å². The highest BCUT2D eigenvalue weighted by Gasteiger charge is 2.72. The van der Waals surface area contributed by atoms with E-state index in [0.29, 0.717) is 24.7 Å². The SMILES string of the molecule is OC(CC(C/C=C/C1CCC2CCCCC2C1)C(F)(F)C(F)=C(F)F)(C(F)(F)F)C(F)(F)F.